The van der Waals surface area contributed by atoms with Crippen LogP contribution < -0.4 is 5.56 Å². The molecule has 83 heavy (non-hydrogen) atoms. The molecule has 1 unspecified atom stereocenters. The van der Waals surface area contributed by atoms with Crippen molar-refractivity contribution in [2.24, 2.45) is 32.7 Å². The average Bonchev–Trinajstić information content (AvgIpc) is 3.79. The van der Waals surface area contributed by atoms with E-state index in [4.69, 9.17) is 63.9 Å². The Morgan fingerprint density at radius 1 is 1.04 bits per heavy atom. The lowest BCUT2D eigenvalue weighted by Gasteiger charge is -2.28. The molecule has 0 radical (unpaired) electrons. The predicted molar refractivity (Wildman–Crippen MR) is 387 cm³/mol. The van der Waals surface area contributed by atoms with Crippen LogP contribution in [0, 0.1) is 29.1 Å². The molecule has 1 aromatic heterocycles. The molecule has 470 valence electrons. The van der Waals surface area contributed by atoms with Gasteiger partial charge >= 0.3 is 0 Å². The Labute approximate surface area is 555 Å². The fourth-order valence-electron chi connectivity index (χ4n) is 6.53. The van der Waals surface area contributed by atoms with Gasteiger partial charge in [-0.2, -0.15) is 17.0 Å². The third-order valence-electron chi connectivity index (χ3n) is 11.1. The number of thiocarbonyl (C=S) groups is 1. The van der Waals surface area contributed by atoms with Crippen molar-refractivity contribution >= 4 is 148 Å². The minimum Gasteiger partial charge on any atom is -0.369 e. The highest BCUT2D eigenvalue weighted by Crippen LogP contribution is 2.54. The third kappa shape index (κ3) is 63.6. The summed E-state index contributed by atoms with van der Waals surface area (Å²) in [6.07, 6.45) is 41.8. The number of aromatic nitrogens is 1. The summed E-state index contributed by atoms with van der Waals surface area (Å²) in [5.74, 6) is 3.20. The summed E-state index contributed by atoms with van der Waals surface area (Å²) in [6, 6.07) is 5.13. The number of pyridine rings is 1. The first-order valence-corrected chi connectivity index (χ1v) is 33.6. The van der Waals surface area contributed by atoms with E-state index in [0.717, 1.165) is 115 Å². The number of Topliss-reactive ketones (excluding diaryl/α,β-unsaturated/α-hetero) is 2. The number of carbonyl (C=O) groups is 3. The molecule has 1 aromatic rings. The van der Waals surface area contributed by atoms with Gasteiger partial charge in [0.05, 0.1) is 33.1 Å². The van der Waals surface area contributed by atoms with E-state index in [1.807, 2.05) is 65.4 Å². The van der Waals surface area contributed by atoms with Gasteiger partial charge in [-0.25, -0.2) is 0 Å². The van der Waals surface area contributed by atoms with Gasteiger partial charge in [-0.15, -0.1) is 23.2 Å². The number of allylic oxidation sites excluding steroid dienone is 10. The van der Waals surface area contributed by atoms with Crippen LogP contribution in [-0.4, -0.2) is 90.5 Å². The summed E-state index contributed by atoms with van der Waals surface area (Å²) >= 11 is 34.0. The van der Waals surface area contributed by atoms with Gasteiger partial charge in [0.15, 0.2) is 0 Å². The summed E-state index contributed by atoms with van der Waals surface area (Å²) in [5.41, 5.74) is 2.63. The number of likely N-dealkylation sites (tertiary alicyclic amines) is 1. The van der Waals surface area contributed by atoms with Crippen LogP contribution in [0.5, 0.6) is 0 Å². The highest BCUT2D eigenvalue weighted by Gasteiger charge is 2.50. The topological polar surface area (TPSA) is 137 Å². The second kappa shape index (κ2) is 59.6. The molecule has 5 rings (SSSR count). The van der Waals surface area contributed by atoms with Crippen molar-refractivity contribution in [3.8, 4) is 6.07 Å². The van der Waals surface area contributed by atoms with Crippen molar-refractivity contribution in [3.05, 3.63) is 116 Å². The van der Waals surface area contributed by atoms with E-state index in [1.54, 1.807) is 66.7 Å². The van der Waals surface area contributed by atoms with Gasteiger partial charge in [0.25, 0.3) is 5.56 Å². The molecule has 10 nitrogen and oxygen atoms in total. The smallest absolute Gasteiger partial charge is 0.250 e. The summed E-state index contributed by atoms with van der Waals surface area (Å²) in [6.45, 7) is 31.9. The number of thioether (sulfide) groups is 1. The van der Waals surface area contributed by atoms with E-state index in [1.165, 1.54) is 50.6 Å². The highest BCUT2D eigenvalue weighted by molar-refractivity contribution is 14.1. The summed E-state index contributed by atoms with van der Waals surface area (Å²) in [7, 11) is 2.02. The lowest BCUT2D eigenvalue weighted by molar-refractivity contribution is -0.121. The van der Waals surface area contributed by atoms with Crippen molar-refractivity contribution in [1.29, 1.82) is 5.26 Å². The molecule has 2 heterocycles. The number of aryl methyl sites for hydroxylation is 1. The number of halogens is 6. The second-order valence-electron chi connectivity index (χ2n) is 20.2. The standard InChI is InChI=1S/C11H16BrNO.C10H16O.C8H14IN.C8H12O.C7H13N.C6H8O.C5H8Cl2S.C4H5Cl2N.C4H7NS.C2H3N/c1-2-3-4-5-8-13-9-10(12)6-7-11(13)14;1-2-3-4-6-9-7-5-8-10(9)11;1-5-6-7(9)10-8(2,3)4;1-6-3-4-8(5-6)7(2)9;1-4-5-8-6-7(2)3;1-2-3-4-5-6-7;1-8-3-4-2-5(4,6)7;1-2-7-3-4(5)6;1-5-3-2-4(5)6;1-2-3/h6-7,9H,2-5,8H2,1H3;2-3,9H,4-8H2,1H3;5-6H,1-4H3;3,8H,4-5H2,1-2H3;5H,2,4,6H2,1,3H3;2-6H,1H3;4H,2-3H2,1H3;2-3H,1H3;2-3H2,1H3;1H3/b;3-2+;6-5+,10-7?;;;3-2+,5-4+;;;;/t;9-;;;;;4-;;;/m.1....1.../s1. The summed E-state index contributed by atoms with van der Waals surface area (Å²) < 4.78 is 3.61. The average molecular weight is 1440 g/mol. The fraction of sp³-hybridized carbons (Fsp3) is 0.585. The number of hydrogen-bond donors (Lipinski definition) is 0. The summed E-state index contributed by atoms with van der Waals surface area (Å²) in [5, 5.41) is 7.32. The van der Waals surface area contributed by atoms with E-state index in [2.05, 4.69) is 131 Å². The molecule has 1 aliphatic heterocycles. The van der Waals surface area contributed by atoms with Gasteiger partial charge in [-0.3, -0.25) is 34.2 Å². The number of aldehydes is 1. The van der Waals surface area contributed by atoms with Crippen LogP contribution in [0.1, 0.15) is 180 Å². The SMILES string of the molecule is C/C=C/C(I)=NC(C)(C)C.C/C=C/C=C/C=O.C/C=C/CC[C@@H]1CCCC1=O.C=C(C)CN=CCC.CC#N.CC(=O)C1CC=C(C)C1.CC=NC=C(Cl)Cl.CCCCCCn1cc(Br)ccc1=O.CN1CCC1=S.CSC[C@H]1CC1(Cl)Cl. The minimum absolute atomic E-state index is 0.0516. The van der Waals surface area contributed by atoms with Gasteiger partial charge in [-0.05, 0) is 202 Å². The molecule has 2 saturated carbocycles. The number of carbonyl (C=O) groups excluding carboxylic acids is 3. The molecule has 1 saturated heterocycles. The maximum absolute atomic E-state index is 11.4. The van der Waals surface area contributed by atoms with E-state index in [-0.39, 0.29) is 19.9 Å². The molecule has 3 aliphatic carbocycles. The van der Waals surface area contributed by atoms with E-state index < -0.39 is 0 Å². The number of aliphatic imine (C=N–C) groups is 3. The molecule has 0 spiro atoms. The quantitative estimate of drug-likeness (QED) is 0.0163. The Kier molecular flexibility index (Phi) is 63.9. The van der Waals surface area contributed by atoms with Gasteiger partial charge < -0.3 is 9.47 Å². The number of nitrogens with zero attached hydrogens (tertiary/aromatic N) is 6. The molecule has 0 aromatic carbocycles. The van der Waals surface area contributed by atoms with Crippen molar-refractivity contribution in [1.82, 2.24) is 9.47 Å². The second-order valence-corrected chi connectivity index (χ2v) is 26.2. The Morgan fingerprint density at radius 3 is 2.01 bits per heavy atom. The number of unbranched alkanes of at least 4 members (excludes halogenated alkanes) is 3. The summed E-state index contributed by atoms with van der Waals surface area (Å²) in [4.78, 5) is 58.1. The molecule has 3 fully saturated rings. The van der Waals surface area contributed by atoms with Gasteiger partial charge in [0.1, 0.15) is 26.7 Å². The number of hydrogen-bond acceptors (Lipinski definition) is 10. The van der Waals surface area contributed by atoms with E-state index >= 15 is 0 Å². The molecule has 4 aliphatic rings. The number of ketones is 2. The van der Waals surface area contributed by atoms with Gasteiger partial charge in [0, 0.05) is 80.6 Å². The zero-order chi connectivity index (χ0) is 64.7. The molecule has 0 amide bonds. The minimum atomic E-state index is -0.358. The van der Waals surface area contributed by atoms with Crippen LogP contribution in [0.25, 0.3) is 0 Å². The van der Waals surface area contributed by atoms with Crippen molar-refractivity contribution < 1.29 is 14.4 Å². The van der Waals surface area contributed by atoms with Crippen LogP contribution in [0.15, 0.2) is 126 Å². The Balaban J connectivity index is -0.000000276. The Morgan fingerprint density at radius 2 is 1.66 bits per heavy atom. The van der Waals surface area contributed by atoms with Crippen LogP contribution >= 0.6 is 109 Å². The van der Waals surface area contributed by atoms with Crippen LogP contribution in [0.2, 0.25) is 0 Å². The normalized spacial score (nSPS) is 17.2. The highest BCUT2D eigenvalue weighted by atomic mass is 127. The predicted octanol–water partition coefficient (Wildman–Crippen LogP) is 20.5. The van der Waals surface area contributed by atoms with E-state index in [9.17, 15) is 19.2 Å². The van der Waals surface area contributed by atoms with Crippen LogP contribution in [0.4, 0.5) is 0 Å². The Hall–Kier alpha value is -2.75. The third-order valence-corrected chi connectivity index (χ3v) is 14.5. The zero-order valence-corrected chi connectivity index (χ0v) is 61.2. The first-order chi connectivity index (χ1) is 39.1. The maximum Gasteiger partial charge on any atom is 0.250 e. The van der Waals surface area contributed by atoms with Crippen molar-refractivity contribution in [2.75, 3.05) is 32.1 Å². The van der Waals surface area contributed by atoms with Crippen LogP contribution in [-0.2, 0) is 20.9 Å². The number of alkyl halides is 2. The maximum atomic E-state index is 11.4. The molecule has 18 heteroatoms. The van der Waals surface area contributed by atoms with E-state index in [0.29, 0.717) is 29.3 Å². The molecule has 0 bridgehead atoms. The molecule has 3 atom stereocenters. The van der Waals surface area contributed by atoms with Crippen molar-refractivity contribution in [3.63, 3.8) is 0 Å². The fourth-order valence-corrected chi connectivity index (χ4v) is 9.80. The zero-order valence-electron chi connectivity index (χ0n) is 52.8. The van der Waals surface area contributed by atoms with Crippen molar-refractivity contribution in [2.45, 2.75) is 196 Å². The van der Waals surface area contributed by atoms with Gasteiger partial charge in [-0.1, -0.05) is 129 Å². The largest absolute Gasteiger partial charge is 0.369 e. The molecular weight excluding hydrogens is 1340 g/mol. The first kappa shape index (κ1) is 89.0. The lowest BCUT2D eigenvalue weighted by atomic mass is 10.0. The molecule has 0 N–H and O–H groups in total. The number of nitriles is 1. The molecular formula is C65H102BrCl4IN6O4S2. The first-order valence-electron chi connectivity index (χ1n) is 28.4. The lowest BCUT2D eigenvalue weighted by Crippen LogP contribution is -2.38. The Bertz CT molecular complexity index is 2310. The monoisotopic (exact) mass is 1440 g/mol. The van der Waals surface area contributed by atoms with Gasteiger partial charge in [0.2, 0.25) is 0 Å². The van der Waals surface area contributed by atoms with Crippen LogP contribution in [0.3, 0.4) is 0 Å². The number of rotatable bonds is 18.